The molecule has 0 atom stereocenters. The van der Waals surface area contributed by atoms with E-state index >= 15 is 0 Å². The quantitative estimate of drug-likeness (QED) is 0.612. The van der Waals surface area contributed by atoms with Crippen LogP contribution in [-0.4, -0.2) is 25.3 Å². The fraction of sp³-hybridized carbons (Fsp3) is 0.214. The van der Waals surface area contributed by atoms with Crippen molar-refractivity contribution in [3.63, 3.8) is 0 Å². The number of pyridine rings is 1. The molecule has 0 fully saturated rings. The summed E-state index contributed by atoms with van der Waals surface area (Å²) in [6, 6.07) is 13.3. The van der Waals surface area contributed by atoms with E-state index in [9.17, 15) is 0 Å². The van der Waals surface area contributed by atoms with Gasteiger partial charge >= 0.3 is 0 Å². The lowest BCUT2D eigenvalue weighted by atomic mass is 10.1. The number of halogens is 1. The molecular formula is C14H14ClNO2. The summed E-state index contributed by atoms with van der Waals surface area (Å²) in [7, 11) is 1.65. The van der Waals surface area contributed by atoms with Gasteiger partial charge in [0, 0.05) is 12.7 Å². The Hall–Kier alpha value is -1.58. The summed E-state index contributed by atoms with van der Waals surface area (Å²) in [5.41, 5.74) is 1.73. The lowest BCUT2D eigenvalue weighted by Crippen LogP contribution is -2.05. The van der Waals surface area contributed by atoms with Crippen LogP contribution in [0.25, 0.3) is 11.3 Å². The predicted octanol–water partition coefficient (Wildman–Crippen LogP) is 3.43. The lowest BCUT2D eigenvalue weighted by molar-refractivity contribution is 0.146. The Balaban J connectivity index is 2.27. The van der Waals surface area contributed by atoms with Crippen molar-refractivity contribution in [2.75, 3.05) is 20.3 Å². The maximum absolute atomic E-state index is 5.90. The lowest BCUT2D eigenvalue weighted by Gasteiger charge is -2.10. The van der Waals surface area contributed by atoms with Crippen molar-refractivity contribution < 1.29 is 9.47 Å². The minimum atomic E-state index is 0.471. The Kier molecular flexibility index (Phi) is 4.56. The van der Waals surface area contributed by atoms with Gasteiger partial charge in [-0.25, -0.2) is 4.98 Å². The van der Waals surface area contributed by atoms with Gasteiger partial charge in [-0.05, 0) is 24.3 Å². The summed E-state index contributed by atoms with van der Waals surface area (Å²) in [5.74, 6) is 0.782. The average Bonchev–Trinajstić information content (AvgIpc) is 2.40. The van der Waals surface area contributed by atoms with Crippen molar-refractivity contribution in [1.29, 1.82) is 0 Å². The van der Waals surface area contributed by atoms with E-state index in [1.54, 1.807) is 13.2 Å². The molecule has 0 bridgehead atoms. The first-order valence-corrected chi connectivity index (χ1v) is 6.03. The van der Waals surface area contributed by atoms with Crippen molar-refractivity contribution in [2.45, 2.75) is 0 Å². The number of methoxy groups -OCH3 is 1. The molecular weight excluding hydrogens is 250 g/mol. The number of benzene rings is 1. The van der Waals surface area contributed by atoms with Gasteiger partial charge in [-0.2, -0.15) is 0 Å². The van der Waals surface area contributed by atoms with E-state index in [-0.39, 0.29) is 0 Å². The Morgan fingerprint density at radius 2 is 1.89 bits per heavy atom. The maximum Gasteiger partial charge on any atom is 0.129 e. The molecule has 94 valence electrons. The summed E-state index contributed by atoms with van der Waals surface area (Å²) >= 11 is 5.90. The highest BCUT2D eigenvalue weighted by atomic mass is 35.5. The molecule has 3 nitrogen and oxygen atoms in total. The molecule has 1 aromatic heterocycles. The Labute approximate surface area is 111 Å². The van der Waals surface area contributed by atoms with Gasteiger partial charge in [0.15, 0.2) is 0 Å². The first-order valence-electron chi connectivity index (χ1n) is 5.65. The smallest absolute Gasteiger partial charge is 0.129 e. The molecule has 0 saturated carbocycles. The molecule has 1 heterocycles. The summed E-state index contributed by atoms with van der Waals surface area (Å²) < 4.78 is 10.6. The van der Waals surface area contributed by atoms with Crippen LogP contribution in [-0.2, 0) is 4.74 Å². The minimum absolute atomic E-state index is 0.471. The Morgan fingerprint density at radius 3 is 2.67 bits per heavy atom. The van der Waals surface area contributed by atoms with E-state index in [1.807, 2.05) is 36.4 Å². The van der Waals surface area contributed by atoms with Crippen molar-refractivity contribution in [1.82, 2.24) is 4.98 Å². The Bertz CT molecular complexity index is 517. The highest BCUT2D eigenvalue weighted by Crippen LogP contribution is 2.28. The summed E-state index contributed by atoms with van der Waals surface area (Å²) in [6.45, 7) is 1.06. The van der Waals surface area contributed by atoms with Crippen LogP contribution in [0.5, 0.6) is 5.75 Å². The number of para-hydroxylation sites is 1. The third-order valence-corrected chi connectivity index (χ3v) is 2.63. The highest BCUT2D eigenvalue weighted by Gasteiger charge is 2.07. The second-order valence-corrected chi connectivity index (χ2v) is 4.07. The molecule has 2 aromatic rings. The van der Waals surface area contributed by atoms with E-state index in [4.69, 9.17) is 21.1 Å². The number of ether oxygens (including phenoxy) is 2. The maximum atomic E-state index is 5.90. The first kappa shape index (κ1) is 12.9. The van der Waals surface area contributed by atoms with Crippen LogP contribution in [0, 0.1) is 0 Å². The average molecular weight is 264 g/mol. The minimum Gasteiger partial charge on any atom is -0.490 e. The molecule has 0 unspecified atom stereocenters. The zero-order valence-electron chi connectivity index (χ0n) is 10.1. The van der Waals surface area contributed by atoms with Crippen LogP contribution < -0.4 is 4.74 Å². The topological polar surface area (TPSA) is 31.4 Å². The van der Waals surface area contributed by atoms with Gasteiger partial charge in [-0.3, -0.25) is 0 Å². The van der Waals surface area contributed by atoms with Gasteiger partial charge in [0.2, 0.25) is 0 Å². The largest absolute Gasteiger partial charge is 0.490 e. The summed E-state index contributed by atoms with van der Waals surface area (Å²) in [5, 5.41) is 0.471. The molecule has 0 aliphatic rings. The highest BCUT2D eigenvalue weighted by molar-refractivity contribution is 6.29. The van der Waals surface area contributed by atoms with Gasteiger partial charge in [0.25, 0.3) is 0 Å². The van der Waals surface area contributed by atoms with Crippen LogP contribution in [0.1, 0.15) is 0 Å². The summed E-state index contributed by atoms with van der Waals surface area (Å²) in [4.78, 5) is 4.29. The van der Waals surface area contributed by atoms with Gasteiger partial charge in [-0.1, -0.05) is 29.8 Å². The molecule has 0 amide bonds. The van der Waals surface area contributed by atoms with E-state index in [2.05, 4.69) is 4.98 Å². The molecule has 18 heavy (non-hydrogen) atoms. The zero-order valence-corrected chi connectivity index (χ0v) is 10.9. The molecule has 0 N–H and O–H groups in total. The second kappa shape index (κ2) is 6.38. The fourth-order valence-corrected chi connectivity index (χ4v) is 1.76. The van der Waals surface area contributed by atoms with Gasteiger partial charge in [-0.15, -0.1) is 0 Å². The van der Waals surface area contributed by atoms with Crippen molar-refractivity contribution in [3.05, 3.63) is 47.6 Å². The number of rotatable bonds is 5. The van der Waals surface area contributed by atoms with Gasteiger partial charge in [0.05, 0.1) is 12.3 Å². The number of hydrogen-bond acceptors (Lipinski definition) is 3. The zero-order chi connectivity index (χ0) is 12.8. The molecule has 0 spiro atoms. The monoisotopic (exact) mass is 263 g/mol. The number of nitrogens with zero attached hydrogens (tertiary/aromatic N) is 1. The summed E-state index contributed by atoms with van der Waals surface area (Å²) in [6.07, 6.45) is 0. The van der Waals surface area contributed by atoms with E-state index in [1.165, 1.54) is 0 Å². The predicted molar refractivity (Wildman–Crippen MR) is 72.1 cm³/mol. The molecule has 0 aliphatic carbocycles. The van der Waals surface area contributed by atoms with Crippen LogP contribution in [0.15, 0.2) is 42.5 Å². The molecule has 4 heteroatoms. The SMILES string of the molecule is COCCOc1ccccc1-c1cccc(Cl)n1. The van der Waals surface area contributed by atoms with Crippen molar-refractivity contribution in [2.24, 2.45) is 0 Å². The molecule has 0 radical (unpaired) electrons. The van der Waals surface area contributed by atoms with E-state index in [0.29, 0.717) is 18.4 Å². The third-order valence-electron chi connectivity index (χ3n) is 2.42. The van der Waals surface area contributed by atoms with Crippen LogP contribution in [0.2, 0.25) is 5.15 Å². The Morgan fingerprint density at radius 1 is 1.06 bits per heavy atom. The van der Waals surface area contributed by atoms with Crippen LogP contribution in [0.3, 0.4) is 0 Å². The molecule has 1 aromatic carbocycles. The normalized spacial score (nSPS) is 10.3. The standard InChI is InChI=1S/C14H14ClNO2/c1-17-9-10-18-13-7-3-2-5-11(13)12-6-4-8-14(15)16-12/h2-8H,9-10H2,1H3. The molecule has 0 aliphatic heterocycles. The number of aromatic nitrogens is 1. The van der Waals surface area contributed by atoms with Crippen molar-refractivity contribution in [3.8, 4) is 17.0 Å². The van der Waals surface area contributed by atoms with E-state index in [0.717, 1.165) is 17.0 Å². The number of hydrogen-bond donors (Lipinski definition) is 0. The second-order valence-electron chi connectivity index (χ2n) is 3.68. The van der Waals surface area contributed by atoms with E-state index < -0.39 is 0 Å². The van der Waals surface area contributed by atoms with Crippen LogP contribution >= 0.6 is 11.6 Å². The molecule has 0 saturated heterocycles. The molecule has 2 rings (SSSR count). The third kappa shape index (κ3) is 3.22. The fourth-order valence-electron chi connectivity index (χ4n) is 1.60. The van der Waals surface area contributed by atoms with Gasteiger partial charge in [0.1, 0.15) is 17.5 Å². The first-order chi connectivity index (χ1) is 8.81. The van der Waals surface area contributed by atoms with Gasteiger partial charge < -0.3 is 9.47 Å². The van der Waals surface area contributed by atoms with Crippen LogP contribution in [0.4, 0.5) is 0 Å². The van der Waals surface area contributed by atoms with Crippen molar-refractivity contribution >= 4 is 11.6 Å².